The SMILES string of the molecule is CCCn1nccc1C(=O)N1CCN(C(=O)c2ccco2)CC1. The van der Waals surface area contributed by atoms with Gasteiger partial charge in [-0.2, -0.15) is 5.10 Å². The lowest BCUT2D eigenvalue weighted by molar-refractivity contribution is 0.0511. The van der Waals surface area contributed by atoms with E-state index in [1.165, 1.54) is 6.26 Å². The zero-order chi connectivity index (χ0) is 16.2. The van der Waals surface area contributed by atoms with Crippen LogP contribution in [0.5, 0.6) is 0 Å². The number of hydrogen-bond acceptors (Lipinski definition) is 4. The van der Waals surface area contributed by atoms with Gasteiger partial charge in [0.15, 0.2) is 5.76 Å². The number of aromatic nitrogens is 2. The standard InChI is InChI=1S/C16H20N4O3/c1-2-7-20-13(5-6-17-20)15(21)18-8-10-19(11-9-18)16(22)14-4-3-12-23-14/h3-6,12H,2,7-11H2,1H3. The normalized spacial score (nSPS) is 15.0. The van der Waals surface area contributed by atoms with Gasteiger partial charge >= 0.3 is 0 Å². The lowest BCUT2D eigenvalue weighted by Crippen LogP contribution is -2.50. The minimum absolute atomic E-state index is 0.0268. The molecule has 2 amide bonds. The highest BCUT2D eigenvalue weighted by Crippen LogP contribution is 2.12. The summed E-state index contributed by atoms with van der Waals surface area (Å²) in [5, 5.41) is 4.19. The van der Waals surface area contributed by atoms with Crippen LogP contribution in [0.1, 0.15) is 34.4 Å². The third-order valence-electron chi connectivity index (χ3n) is 3.96. The molecule has 2 aromatic rings. The van der Waals surface area contributed by atoms with Crippen LogP contribution in [0.4, 0.5) is 0 Å². The second-order valence-electron chi connectivity index (χ2n) is 5.50. The third kappa shape index (κ3) is 3.13. The van der Waals surface area contributed by atoms with E-state index < -0.39 is 0 Å². The molecule has 0 bridgehead atoms. The molecule has 1 aliphatic heterocycles. The first-order valence-electron chi connectivity index (χ1n) is 7.84. The Bertz CT molecular complexity index is 669. The maximum atomic E-state index is 12.6. The molecule has 0 radical (unpaired) electrons. The van der Waals surface area contributed by atoms with Crippen molar-refractivity contribution in [2.75, 3.05) is 26.2 Å². The molecule has 122 valence electrons. The van der Waals surface area contributed by atoms with Gasteiger partial charge in [0, 0.05) is 38.9 Å². The molecule has 0 saturated carbocycles. The summed E-state index contributed by atoms with van der Waals surface area (Å²) in [4.78, 5) is 28.3. The second-order valence-corrected chi connectivity index (χ2v) is 5.50. The molecular weight excluding hydrogens is 296 g/mol. The summed E-state index contributed by atoms with van der Waals surface area (Å²) < 4.78 is 6.88. The van der Waals surface area contributed by atoms with Crippen LogP contribution in [0.3, 0.4) is 0 Å². The maximum absolute atomic E-state index is 12.6. The van der Waals surface area contributed by atoms with Crippen molar-refractivity contribution in [3.63, 3.8) is 0 Å². The first-order chi connectivity index (χ1) is 11.2. The van der Waals surface area contributed by atoms with Gasteiger partial charge < -0.3 is 14.2 Å². The number of furan rings is 1. The van der Waals surface area contributed by atoms with E-state index in [2.05, 4.69) is 12.0 Å². The highest BCUT2D eigenvalue weighted by atomic mass is 16.3. The van der Waals surface area contributed by atoms with E-state index in [1.54, 1.807) is 38.9 Å². The first-order valence-corrected chi connectivity index (χ1v) is 7.84. The number of rotatable bonds is 4. The molecule has 0 atom stereocenters. The number of carbonyl (C=O) groups excluding carboxylic acids is 2. The zero-order valence-corrected chi connectivity index (χ0v) is 13.1. The van der Waals surface area contributed by atoms with E-state index in [-0.39, 0.29) is 11.8 Å². The Morgan fingerprint density at radius 1 is 1.13 bits per heavy atom. The van der Waals surface area contributed by atoms with Crippen LogP contribution in [0.2, 0.25) is 0 Å². The second kappa shape index (κ2) is 6.68. The first kappa shape index (κ1) is 15.3. The van der Waals surface area contributed by atoms with Crippen molar-refractivity contribution in [2.24, 2.45) is 0 Å². The van der Waals surface area contributed by atoms with Gasteiger partial charge in [0.1, 0.15) is 5.69 Å². The van der Waals surface area contributed by atoms with Crippen molar-refractivity contribution in [2.45, 2.75) is 19.9 Å². The van der Waals surface area contributed by atoms with Crippen molar-refractivity contribution in [1.29, 1.82) is 0 Å². The minimum atomic E-state index is -0.127. The van der Waals surface area contributed by atoms with E-state index in [0.29, 0.717) is 37.6 Å². The lowest BCUT2D eigenvalue weighted by atomic mass is 10.2. The monoisotopic (exact) mass is 316 g/mol. The highest BCUT2D eigenvalue weighted by molar-refractivity contribution is 5.93. The lowest BCUT2D eigenvalue weighted by Gasteiger charge is -2.34. The van der Waals surface area contributed by atoms with Crippen molar-refractivity contribution in [3.05, 3.63) is 42.1 Å². The summed E-state index contributed by atoms with van der Waals surface area (Å²) in [5.74, 6) is 0.185. The Kier molecular flexibility index (Phi) is 4.45. The van der Waals surface area contributed by atoms with Crippen LogP contribution in [0.15, 0.2) is 35.1 Å². The summed E-state index contributed by atoms with van der Waals surface area (Å²) in [6.45, 7) is 4.82. The predicted octanol–water partition coefficient (Wildman–Crippen LogP) is 1.48. The Hall–Kier alpha value is -2.57. The Labute approximate surface area is 134 Å². The predicted molar refractivity (Wildman–Crippen MR) is 83.0 cm³/mol. The Morgan fingerprint density at radius 2 is 1.83 bits per heavy atom. The molecule has 2 aromatic heterocycles. The van der Waals surface area contributed by atoms with Crippen molar-refractivity contribution < 1.29 is 14.0 Å². The molecule has 0 aliphatic carbocycles. The van der Waals surface area contributed by atoms with E-state index in [0.717, 1.165) is 13.0 Å². The Morgan fingerprint density at radius 3 is 2.43 bits per heavy atom. The van der Waals surface area contributed by atoms with Gasteiger partial charge in [-0.3, -0.25) is 14.3 Å². The molecule has 0 N–H and O–H groups in total. The van der Waals surface area contributed by atoms with E-state index in [4.69, 9.17) is 4.42 Å². The summed E-state index contributed by atoms with van der Waals surface area (Å²) in [5.41, 5.74) is 0.609. The largest absolute Gasteiger partial charge is 0.459 e. The van der Waals surface area contributed by atoms with Crippen LogP contribution in [0, 0.1) is 0 Å². The number of carbonyl (C=O) groups is 2. The van der Waals surface area contributed by atoms with Gasteiger partial charge in [-0.05, 0) is 24.6 Å². The summed E-state index contributed by atoms with van der Waals surface area (Å²) >= 11 is 0. The summed E-state index contributed by atoms with van der Waals surface area (Å²) in [7, 11) is 0. The van der Waals surface area contributed by atoms with Crippen LogP contribution in [-0.4, -0.2) is 57.6 Å². The molecule has 3 rings (SSSR count). The molecule has 1 fully saturated rings. The summed E-state index contributed by atoms with van der Waals surface area (Å²) in [6, 6.07) is 5.10. The molecule has 7 heteroatoms. The molecule has 1 aliphatic rings. The van der Waals surface area contributed by atoms with Crippen LogP contribution in [0.25, 0.3) is 0 Å². The molecule has 0 unspecified atom stereocenters. The van der Waals surface area contributed by atoms with E-state index in [9.17, 15) is 9.59 Å². The molecule has 3 heterocycles. The average molecular weight is 316 g/mol. The minimum Gasteiger partial charge on any atom is -0.459 e. The van der Waals surface area contributed by atoms with Crippen molar-refractivity contribution >= 4 is 11.8 Å². The van der Waals surface area contributed by atoms with E-state index >= 15 is 0 Å². The zero-order valence-electron chi connectivity index (χ0n) is 13.1. The molecule has 23 heavy (non-hydrogen) atoms. The maximum Gasteiger partial charge on any atom is 0.289 e. The average Bonchev–Trinajstić information content (AvgIpc) is 3.26. The topological polar surface area (TPSA) is 71.6 Å². The molecule has 0 spiro atoms. The van der Waals surface area contributed by atoms with Crippen molar-refractivity contribution in [1.82, 2.24) is 19.6 Å². The fourth-order valence-electron chi connectivity index (χ4n) is 2.74. The molecule has 0 aromatic carbocycles. The quantitative estimate of drug-likeness (QED) is 0.856. The highest BCUT2D eigenvalue weighted by Gasteiger charge is 2.27. The van der Waals surface area contributed by atoms with Crippen LogP contribution in [-0.2, 0) is 6.54 Å². The van der Waals surface area contributed by atoms with Gasteiger partial charge in [0.05, 0.1) is 6.26 Å². The summed E-state index contributed by atoms with van der Waals surface area (Å²) in [6.07, 6.45) is 4.06. The smallest absolute Gasteiger partial charge is 0.289 e. The third-order valence-corrected chi connectivity index (χ3v) is 3.96. The Balaban J connectivity index is 1.61. The van der Waals surface area contributed by atoms with Gasteiger partial charge in [0.2, 0.25) is 0 Å². The number of amides is 2. The molecule has 7 nitrogen and oxygen atoms in total. The fourth-order valence-corrected chi connectivity index (χ4v) is 2.74. The fraction of sp³-hybridized carbons (Fsp3) is 0.438. The van der Waals surface area contributed by atoms with Crippen LogP contribution >= 0.6 is 0 Å². The van der Waals surface area contributed by atoms with Gasteiger partial charge in [-0.1, -0.05) is 6.92 Å². The van der Waals surface area contributed by atoms with Crippen LogP contribution < -0.4 is 0 Å². The van der Waals surface area contributed by atoms with Crippen molar-refractivity contribution in [3.8, 4) is 0 Å². The number of aryl methyl sites for hydroxylation is 1. The molecular formula is C16H20N4O3. The number of hydrogen-bond donors (Lipinski definition) is 0. The number of nitrogens with zero attached hydrogens (tertiary/aromatic N) is 4. The molecule has 1 saturated heterocycles. The van der Waals surface area contributed by atoms with Gasteiger partial charge in [0.25, 0.3) is 11.8 Å². The van der Waals surface area contributed by atoms with E-state index in [1.807, 2.05) is 0 Å². The van der Waals surface area contributed by atoms with Gasteiger partial charge in [-0.25, -0.2) is 0 Å². The number of piperazine rings is 1. The van der Waals surface area contributed by atoms with Gasteiger partial charge in [-0.15, -0.1) is 0 Å².